The first kappa shape index (κ1) is 14.3. The molecule has 1 aromatic rings. The van der Waals surface area contributed by atoms with Gasteiger partial charge in [0.25, 0.3) is 5.91 Å². The van der Waals surface area contributed by atoms with Crippen molar-refractivity contribution in [2.45, 2.75) is 19.1 Å². The Morgan fingerprint density at radius 1 is 1.58 bits per heavy atom. The summed E-state index contributed by atoms with van der Waals surface area (Å²) in [5, 5.41) is 3.26. The fourth-order valence-electron chi connectivity index (χ4n) is 1.97. The predicted molar refractivity (Wildman–Crippen MR) is 75.4 cm³/mol. The molecule has 0 spiro atoms. The van der Waals surface area contributed by atoms with E-state index in [1.807, 2.05) is 6.92 Å². The number of hydrogen-bond acceptors (Lipinski definition) is 4. The van der Waals surface area contributed by atoms with Crippen molar-refractivity contribution in [3.8, 4) is 5.75 Å². The molecule has 0 bridgehead atoms. The first-order valence-electron chi connectivity index (χ1n) is 6.14. The summed E-state index contributed by atoms with van der Waals surface area (Å²) in [4.78, 5) is 11.3. The maximum Gasteiger partial charge on any atom is 0.252 e. The van der Waals surface area contributed by atoms with Gasteiger partial charge < -0.3 is 20.5 Å². The number of carbonyl (C=O) groups is 1. The molecule has 19 heavy (non-hydrogen) atoms. The largest absolute Gasteiger partial charge is 0.490 e. The Kier molecular flexibility index (Phi) is 4.79. The SMILES string of the molecule is CC1CNCC(COc2cc(Br)ccc2C(N)=O)O1. The molecule has 104 valence electrons. The van der Waals surface area contributed by atoms with Crippen LogP contribution in [0.25, 0.3) is 0 Å². The van der Waals surface area contributed by atoms with Crippen LogP contribution >= 0.6 is 15.9 Å². The van der Waals surface area contributed by atoms with Crippen LogP contribution in [0.3, 0.4) is 0 Å². The molecule has 5 nitrogen and oxygen atoms in total. The third kappa shape index (κ3) is 3.92. The number of primary amides is 1. The molecule has 1 aromatic carbocycles. The van der Waals surface area contributed by atoms with E-state index in [-0.39, 0.29) is 12.2 Å². The molecular formula is C13H17BrN2O3. The monoisotopic (exact) mass is 328 g/mol. The van der Waals surface area contributed by atoms with Gasteiger partial charge in [0.2, 0.25) is 0 Å². The Labute approximate surface area is 120 Å². The maximum absolute atomic E-state index is 11.3. The van der Waals surface area contributed by atoms with Crippen molar-refractivity contribution in [1.82, 2.24) is 5.32 Å². The van der Waals surface area contributed by atoms with E-state index in [0.717, 1.165) is 17.6 Å². The maximum atomic E-state index is 11.3. The topological polar surface area (TPSA) is 73.6 Å². The number of carbonyl (C=O) groups excluding carboxylic acids is 1. The lowest BCUT2D eigenvalue weighted by atomic mass is 10.2. The molecule has 2 atom stereocenters. The molecule has 1 fully saturated rings. The van der Waals surface area contributed by atoms with E-state index in [2.05, 4.69) is 21.2 Å². The molecule has 1 saturated heterocycles. The molecule has 0 radical (unpaired) electrons. The van der Waals surface area contributed by atoms with E-state index in [1.54, 1.807) is 18.2 Å². The van der Waals surface area contributed by atoms with E-state index < -0.39 is 5.91 Å². The Hall–Kier alpha value is -1.11. The molecule has 2 unspecified atom stereocenters. The van der Waals surface area contributed by atoms with Gasteiger partial charge in [0.1, 0.15) is 18.5 Å². The number of hydrogen-bond donors (Lipinski definition) is 2. The van der Waals surface area contributed by atoms with E-state index in [0.29, 0.717) is 17.9 Å². The van der Waals surface area contributed by atoms with Crippen LogP contribution in [-0.4, -0.2) is 37.8 Å². The standard InChI is InChI=1S/C13H17BrN2O3/c1-8-5-16-6-10(19-8)7-18-12-4-9(14)2-3-11(12)13(15)17/h2-4,8,10,16H,5-7H2,1H3,(H2,15,17). The van der Waals surface area contributed by atoms with Crippen LogP contribution in [-0.2, 0) is 4.74 Å². The van der Waals surface area contributed by atoms with E-state index >= 15 is 0 Å². The van der Waals surface area contributed by atoms with Crippen molar-refractivity contribution in [3.05, 3.63) is 28.2 Å². The summed E-state index contributed by atoms with van der Waals surface area (Å²) < 4.78 is 12.2. The molecule has 0 saturated carbocycles. The van der Waals surface area contributed by atoms with Crippen LogP contribution in [0.2, 0.25) is 0 Å². The highest BCUT2D eigenvalue weighted by atomic mass is 79.9. The highest BCUT2D eigenvalue weighted by molar-refractivity contribution is 9.10. The zero-order chi connectivity index (χ0) is 13.8. The highest BCUT2D eigenvalue weighted by Crippen LogP contribution is 2.24. The van der Waals surface area contributed by atoms with Gasteiger partial charge in [0, 0.05) is 17.6 Å². The number of nitrogens with one attached hydrogen (secondary N) is 1. The molecule has 2 rings (SSSR count). The number of morpholine rings is 1. The van der Waals surface area contributed by atoms with Gasteiger partial charge in [-0.05, 0) is 25.1 Å². The lowest BCUT2D eigenvalue weighted by Crippen LogP contribution is -2.45. The fraction of sp³-hybridized carbons (Fsp3) is 0.462. The third-order valence-electron chi connectivity index (χ3n) is 2.86. The fourth-order valence-corrected chi connectivity index (χ4v) is 2.31. The van der Waals surface area contributed by atoms with Crippen LogP contribution in [0, 0.1) is 0 Å². The van der Waals surface area contributed by atoms with Crippen LogP contribution < -0.4 is 15.8 Å². The lowest BCUT2D eigenvalue weighted by molar-refractivity contribution is -0.0471. The highest BCUT2D eigenvalue weighted by Gasteiger charge is 2.20. The van der Waals surface area contributed by atoms with Gasteiger partial charge >= 0.3 is 0 Å². The van der Waals surface area contributed by atoms with Crippen molar-refractivity contribution in [2.24, 2.45) is 5.73 Å². The first-order valence-corrected chi connectivity index (χ1v) is 6.94. The number of nitrogens with two attached hydrogens (primary N) is 1. The van der Waals surface area contributed by atoms with E-state index in [1.165, 1.54) is 0 Å². The van der Waals surface area contributed by atoms with E-state index in [4.69, 9.17) is 15.2 Å². The molecule has 0 aromatic heterocycles. The van der Waals surface area contributed by atoms with Gasteiger partial charge in [-0.15, -0.1) is 0 Å². The van der Waals surface area contributed by atoms with Crippen LogP contribution in [0.1, 0.15) is 17.3 Å². The van der Waals surface area contributed by atoms with Crippen LogP contribution in [0.4, 0.5) is 0 Å². The smallest absolute Gasteiger partial charge is 0.252 e. The van der Waals surface area contributed by atoms with E-state index in [9.17, 15) is 4.79 Å². The second-order valence-electron chi connectivity index (χ2n) is 4.54. The zero-order valence-corrected chi connectivity index (χ0v) is 12.3. The van der Waals surface area contributed by atoms with Crippen molar-refractivity contribution in [3.63, 3.8) is 0 Å². The van der Waals surface area contributed by atoms with Crippen molar-refractivity contribution in [1.29, 1.82) is 0 Å². The predicted octanol–water partition coefficient (Wildman–Crippen LogP) is 1.30. The van der Waals surface area contributed by atoms with Gasteiger partial charge in [-0.25, -0.2) is 0 Å². The number of amides is 1. The minimum Gasteiger partial charge on any atom is -0.490 e. The third-order valence-corrected chi connectivity index (χ3v) is 3.36. The minimum absolute atomic E-state index is 0.0246. The van der Waals surface area contributed by atoms with Gasteiger partial charge in [0.05, 0.1) is 11.7 Å². The molecule has 3 N–H and O–H groups in total. The Morgan fingerprint density at radius 2 is 2.37 bits per heavy atom. The number of ether oxygens (including phenoxy) is 2. The van der Waals surface area contributed by atoms with Gasteiger partial charge in [0.15, 0.2) is 0 Å². The Morgan fingerprint density at radius 3 is 3.05 bits per heavy atom. The summed E-state index contributed by atoms with van der Waals surface area (Å²) in [7, 11) is 0. The number of halogens is 1. The first-order chi connectivity index (χ1) is 9.06. The summed E-state index contributed by atoms with van der Waals surface area (Å²) in [6, 6.07) is 5.14. The summed E-state index contributed by atoms with van der Waals surface area (Å²) >= 11 is 3.35. The summed E-state index contributed by atoms with van der Waals surface area (Å²) in [5.74, 6) is -0.0257. The molecule has 0 aliphatic carbocycles. The van der Waals surface area contributed by atoms with Crippen molar-refractivity contribution >= 4 is 21.8 Å². The summed E-state index contributed by atoms with van der Waals surface area (Å²) in [6.45, 7) is 3.98. The normalized spacial score (nSPS) is 23.1. The molecule has 6 heteroatoms. The Balaban J connectivity index is 2.02. The zero-order valence-electron chi connectivity index (χ0n) is 10.7. The van der Waals surface area contributed by atoms with Gasteiger partial charge in [-0.2, -0.15) is 0 Å². The summed E-state index contributed by atoms with van der Waals surface area (Å²) in [6.07, 6.45) is 0.143. The second-order valence-corrected chi connectivity index (χ2v) is 5.46. The minimum atomic E-state index is -0.501. The number of rotatable bonds is 4. The van der Waals surface area contributed by atoms with Crippen molar-refractivity contribution in [2.75, 3.05) is 19.7 Å². The molecular weight excluding hydrogens is 312 g/mol. The average molecular weight is 329 g/mol. The molecule has 1 heterocycles. The van der Waals surface area contributed by atoms with Crippen LogP contribution in [0.5, 0.6) is 5.75 Å². The quantitative estimate of drug-likeness (QED) is 0.873. The van der Waals surface area contributed by atoms with Crippen molar-refractivity contribution < 1.29 is 14.3 Å². The molecule has 1 aliphatic rings. The average Bonchev–Trinajstić information content (AvgIpc) is 2.36. The van der Waals surface area contributed by atoms with Gasteiger partial charge in [-0.1, -0.05) is 15.9 Å². The second kappa shape index (κ2) is 6.36. The Bertz CT molecular complexity index is 467. The number of benzene rings is 1. The lowest BCUT2D eigenvalue weighted by Gasteiger charge is -2.28. The molecule has 1 aliphatic heterocycles. The molecule has 1 amide bonds. The summed E-state index contributed by atoms with van der Waals surface area (Å²) in [5.41, 5.74) is 5.69. The van der Waals surface area contributed by atoms with Crippen LogP contribution in [0.15, 0.2) is 22.7 Å². The van der Waals surface area contributed by atoms with Gasteiger partial charge in [-0.3, -0.25) is 4.79 Å².